The SMILES string of the molecule is CC(=O)O.CCCCCCCCc1cccc2[nH]nnc12. The molecule has 0 saturated carbocycles. The second-order valence-corrected chi connectivity index (χ2v) is 5.16. The normalized spacial score (nSPS) is 10.2. The van der Waals surface area contributed by atoms with E-state index < -0.39 is 5.97 Å². The molecule has 0 atom stereocenters. The highest BCUT2D eigenvalue weighted by Gasteiger charge is 2.03. The van der Waals surface area contributed by atoms with Crippen LogP contribution in [0.5, 0.6) is 0 Å². The number of nitrogens with one attached hydrogen (secondary N) is 1. The summed E-state index contributed by atoms with van der Waals surface area (Å²) in [4.78, 5) is 9.00. The Morgan fingerprint density at radius 2 is 1.86 bits per heavy atom. The van der Waals surface area contributed by atoms with Gasteiger partial charge in [0.25, 0.3) is 5.97 Å². The molecule has 2 N–H and O–H groups in total. The summed E-state index contributed by atoms with van der Waals surface area (Å²) < 4.78 is 0. The van der Waals surface area contributed by atoms with Crippen molar-refractivity contribution >= 4 is 17.0 Å². The molecule has 0 spiro atoms. The van der Waals surface area contributed by atoms with Crippen LogP contribution in [0.2, 0.25) is 0 Å². The number of carboxylic acid groups (broad SMARTS) is 1. The van der Waals surface area contributed by atoms with E-state index in [-0.39, 0.29) is 0 Å². The first-order chi connectivity index (χ1) is 10.1. The van der Waals surface area contributed by atoms with Gasteiger partial charge in [-0.05, 0) is 24.5 Å². The Morgan fingerprint density at radius 1 is 1.19 bits per heavy atom. The molecule has 2 rings (SSSR count). The predicted octanol–water partition coefficient (Wildman–Crippen LogP) is 3.95. The zero-order valence-corrected chi connectivity index (χ0v) is 12.9. The van der Waals surface area contributed by atoms with E-state index in [2.05, 4.69) is 34.5 Å². The highest BCUT2D eigenvalue weighted by atomic mass is 16.4. The van der Waals surface area contributed by atoms with Crippen LogP contribution in [0.1, 0.15) is 57.9 Å². The average molecular weight is 291 g/mol. The number of carboxylic acids is 1. The number of aryl methyl sites for hydroxylation is 1. The number of benzene rings is 1. The fraction of sp³-hybridized carbons (Fsp3) is 0.562. The molecule has 0 radical (unpaired) electrons. The number of nitrogens with zero attached hydrogens (tertiary/aromatic N) is 2. The van der Waals surface area contributed by atoms with E-state index in [1.54, 1.807) is 0 Å². The van der Waals surface area contributed by atoms with E-state index >= 15 is 0 Å². The molecule has 0 fully saturated rings. The molecule has 21 heavy (non-hydrogen) atoms. The molecule has 5 heteroatoms. The first-order valence-corrected chi connectivity index (χ1v) is 7.63. The van der Waals surface area contributed by atoms with E-state index in [1.165, 1.54) is 44.1 Å². The van der Waals surface area contributed by atoms with Crippen molar-refractivity contribution in [3.05, 3.63) is 23.8 Å². The molecule has 2 aromatic rings. The topological polar surface area (TPSA) is 78.9 Å². The summed E-state index contributed by atoms with van der Waals surface area (Å²) in [6.45, 7) is 3.34. The van der Waals surface area contributed by atoms with Gasteiger partial charge in [-0.2, -0.15) is 0 Å². The van der Waals surface area contributed by atoms with Crippen molar-refractivity contribution in [2.45, 2.75) is 58.8 Å². The number of aromatic nitrogens is 3. The Balaban J connectivity index is 0.000000491. The van der Waals surface area contributed by atoms with Crippen molar-refractivity contribution in [3.8, 4) is 0 Å². The fourth-order valence-electron chi connectivity index (χ4n) is 2.23. The number of fused-ring (bicyclic) bond motifs is 1. The molecular formula is C16H25N3O2. The van der Waals surface area contributed by atoms with Crippen LogP contribution in [0.15, 0.2) is 18.2 Å². The number of hydrogen-bond acceptors (Lipinski definition) is 3. The van der Waals surface area contributed by atoms with E-state index in [4.69, 9.17) is 9.90 Å². The minimum Gasteiger partial charge on any atom is -0.481 e. The lowest BCUT2D eigenvalue weighted by Gasteiger charge is -2.02. The third-order valence-electron chi connectivity index (χ3n) is 3.24. The lowest BCUT2D eigenvalue weighted by molar-refractivity contribution is -0.134. The summed E-state index contributed by atoms with van der Waals surface area (Å²) in [5.41, 5.74) is 3.42. The third kappa shape index (κ3) is 6.88. The van der Waals surface area contributed by atoms with Crippen LogP contribution in [-0.2, 0) is 11.2 Å². The van der Waals surface area contributed by atoms with E-state index in [9.17, 15) is 0 Å². The summed E-state index contributed by atoms with van der Waals surface area (Å²) in [6, 6.07) is 6.27. The molecule has 116 valence electrons. The van der Waals surface area contributed by atoms with E-state index in [0.717, 1.165) is 24.4 Å². The first-order valence-electron chi connectivity index (χ1n) is 7.63. The molecular weight excluding hydrogens is 266 g/mol. The molecule has 0 aliphatic rings. The van der Waals surface area contributed by atoms with Gasteiger partial charge in [-0.3, -0.25) is 9.89 Å². The fourth-order valence-corrected chi connectivity index (χ4v) is 2.23. The third-order valence-corrected chi connectivity index (χ3v) is 3.24. The highest BCUT2D eigenvalue weighted by molar-refractivity contribution is 5.77. The average Bonchev–Trinajstić information content (AvgIpc) is 2.91. The number of hydrogen-bond donors (Lipinski definition) is 2. The van der Waals surface area contributed by atoms with Gasteiger partial charge in [0.1, 0.15) is 5.52 Å². The van der Waals surface area contributed by atoms with Gasteiger partial charge < -0.3 is 5.11 Å². The maximum atomic E-state index is 9.00. The number of aromatic amines is 1. The second kappa shape index (κ2) is 9.91. The monoisotopic (exact) mass is 291 g/mol. The molecule has 0 bridgehead atoms. The van der Waals surface area contributed by atoms with Crippen LogP contribution in [0, 0.1) is 0 Å². The largest absolute Gasteiger partial charge is 0.481 e. The molecule has 1 aromatic carbocycles. The summed E-state index contributed by atoms with van der Waals surface area (Å²) in [6.07, 6.45) is 9.14. The summed E-state index contributed by atoms with van der Waals surface area (Å²) in [7, 11) is 0. The van der Waals surface area contributed by atoms with Crippen LogP contribution in [-0.4, -0.2) is 26.5 Å². The quantitative estimate of drug-likeness (QED) is 0.757. The number of carbonyl (C=O) groups is 1. The smallest absolute Gasteiger partial charge is 0.300 e. The summed E-state index contributed by atoms with van der Waals surface area (Å²) in [5.74, 6) is -0.833. The van der Waals surface area contributed by atoms with Gasteiger partial charge in [0, 0.05) is 6.92 Å². The van der Waals surface area contributed by atoms with E-state index in [1.807, 2.05) is 6.07 Å². The minimum absolute atomic E-state index is 0.833. The van der Waals surface area contributed by atoms with Gasteiger partial charge in [0.15, 0.2) is 0 Å². The van der Waals surface area contributed by atoms with Gasteiger partial charge >= 0.3 is 0 Å². The molecule has 1 heterocycles. The van der Waals surface area contributed by atoms with Gasteiger partial charge in [-0.15, -0.1) is 5.10 Å². The van der Waals surface area contributed by atoms with Crippen molar-refractivity contribution in [2.24, 2.45) is 0 Å². The number of H-pyrrole nitrogens is 1. The maximum absolute atomic E-state index is 9.00. The Bertz CT molecular complexity index is 533. The van der Waals surface area contributed by atoms with Crippen LogP contribution in [0.25, 0.3) is 11.0 Å². The van der Waals surface area contributed by atoms with Gasteiger partial charge in [-0.25, -0.2) is 0 Å². The van der Waals surface area contributed by atoms with Crippen molar-refractivity contribution in [1.29, 1.82) is 0 Å². The van der Waals surface area contributed by atoms with Gasteiger partial charge in [0.05, 0.1) is 5.52 Å². The lowest BCUT2D eigenvalue weighted by Crippen LogP contribution is -1.88. The van der Waals surface area contributed by atoms with Crippen molar-refractivity contribution in [3.63, 3.8) is 0 Å². The maximum Gasteiger partial charge on any atom is 0.300 e. The number of unbranched alkanes of at least 4 members (excludes halogenated alkanes) is 5. The Hall–Kier alpha value is -1.91. The molecule has 0 saturated heterocycles. The van der Waals surface area contributed by atoms with Crippen LogP contribution in [0.3, 0.4) is 0 Å². The summed E-state index contributed by atoms with van der Waals surface area (Å²) in [5, 5.41) is 18.3. The second-order valence-electron chi connectivity index (χ2n) is 5.16. The minimum atomic E-state index is -0.833. The van der Waals surface area contributed by atoms with Crippen molar-refractivity contribution < 1.29 is 9.90 Å². The molecule has 0 aliphatic heterocycles. The molecule has 5 nitrogen and oxygen atoms in total. The molecule has 0 amide bonds. The highest BCUT2D eigenvalue weighted by Crippen LogP contribution is 2.16. The Labute approximate surface area is 125 Å². The predicted molar refractivity (Wildman–Crippen MR) is 84.3 cm³/mol. The van der Waals surface area contributed by atoms with Gasteiger partial charge in [0.2, 0.25) is 0 Å². The van der Waals surface area contributed by atoms with Crippen LogP contribution in [0.4, 0.5) is 0 Å². The first kappa shape index (κ1) is 17.1. The van der Waals surface area contributed by atoms with Crippen LogP contribution < -0.4 is 0 Å². The van der Waals surface area contributed by atoms with Crippen molar-refractivity contribution in [2.75, 3.05) is 0 Å². The van der Waals surface area contributed by atoms with Crippen LogP contribution >= 0.6 is 0 Å². The molecule has 0 aliphatic carbocycles. The Kier molecular flexibility index (Phi) is 8.09. The zero-order chi connectivity index (χ0) is 15.5. The molecule has 1 aromatic heterocycles. The van der Waals surface area contributed by atoms with Crippen molar-refractivity contribution in [1.82, 2.24) is 15.4 Å². The van der Waals surface area contributed by atoms with E-state index in [0.29, 0.717) is 0 Å². The Morgan fingerprint density at radius 3 is 2.57 bits per heavy atom. The lowest BCUT2D eigenvalue weighted by atomic mass is 10.0. The zero-order valence-electron chi connectivity index (χ0n) is 12.9. The summed E-state index contributed by atoms with van der Waals surface area (Å²) >= 11 is 0. The number of rotatable bonds is 7. The van der Waals surface area contributed by atoms with Gasteiger partial charge in [-0.1, -0.05) is 56.4 Å². The standard InChI is InChI=1S/C14H21N3.C2H4O2/c1-2-3-4-5-6-7-9-12-10-8-11-13-14(12)16-17-15-13;1-2(3)4/h8,10-11H,2-7,9H2,1H3,(H,15,16,17);1H3,(H,3,4). The molecule has 0 unspecified atom stereocenters. The number of aliphatic carboxylic acids is 1.